The van der Waals surface area contributed by atoms with Crippen LogP contribution in [-0.2, 0) is 14.3 Å². The second-order valence-corrected chi connectivity index (χ2v) is 10.3. The minimum Gasteiger partial charge on any atom is -0.454 e. The third-order valence-corrected chi connectivity index (χ3v) is 7.17. The molecule has 1 unspecified atom stereocenters. The Morgan fingerprint density at radius 2 is 1.55 bits per heavy atom. The molecule has 0 aromatic carbocycles. The number of amides is 1. The van der Waals surface area contributed by atoms with Gasteiger partial charge in [-0.25, -0.2) is 0 Å². The van der Waals surface area contributed by atoms with Crippen LogP contribution in [0.25, 0.3) is 0 Å². The summed E-state index contributed by atoms with van der Waals surface area (Å²) >= 11 is 0. The van der Waals surface area contributed by atoms with E-state index in [0.717, 1.165) is 49.9 Å². The number of nitrogens with zero attached hydrogens (tertiary/aromatic N) is 2. The zero-order valence-electron chi connectivity index (χ0n) is 20.5. The van der Waals surface area contributed by atoms with Crippen LogP contribution in [-0.4, -0.2) is 67.1 Å². The zero-order chi connectivity index (χ0) is 22.4. The van der Waals surface area contributed by atoms with Gasteiger partial charge in [0.2, 0.25) is 5.91 Å². The molecule has 180 valence electrons. The van der Waals surface area contributed by atoms with Crippen molar-refractivity contribution in [2.45, 2.75) is 116 Å². The van der Waals surface area contributed by atoms with Crippen molar-refractivity contribution in [3.8, 4) is 0 Å². The van der Waals surface area contributed by atoms with Gasteiger partial charge in [0.15, 0.2) is 6.10 Å². The lowest BCUT2D eigenvalue weighted by atomic mass is 10.1. The number of likely N-dealkylation sites (N-methyl/N-ethyl adjacent to an activating group) is 1. The standard InChI is InChI=1S/C26H49N2O3/c1-3-4-5-6-7-8-9-10-13-18-26(30)31-24(22-27-19-16-17-25(27)29)23-28(2)20-14-11-12-15-21-28/h24H,3-23H2,1-2H3/q+1. The van der Waals surface area contributed by atoms with Gasteiger partial charge in [-0.05, 0) is 38.5 Å². The number of quaternary nitrogens is 1. The largest absolute Gasteiger partial charge is 0.454 e. The summed E-state index contributed by atoms with van der Waals surface area (Å²) in [4.78, 5) is 26.7. The third kappa shape index (κ3) is 10.9. The summed E-state index contributed by atoms with van der Waals surface area (Å²) in [5.41, 5.74) is 0. The Labute approximate surface area is 191 Å². The summed E-state index contributed by atoms with van der Waals surface area (Å²) in [5, 5.41) is 0. The van der Waals surface area contributed by atoms with E-state index in [1.807, 2.05) is 4.90 Å². The maximum absolute atomic E-state index is 12.6. The number of carbonyl (C=O) groups excluding carboxylic acids is 2. The van der Waals surface area contributed by atoms with Crippen LogP contribution in [0.4, 0.5) is 0 Å². The van der Waals surface area contributed by atoms with Crippen LogP contribution in [0.5, 0.6) is 0 Å². The van der Waals surface area contributed by atoms with E-state index in [2.05, 4.69) is 14.0 Å². The second-order valence-electron chi connectivity index (χ2n) is 10.3. The van der Waals surface area contributed by atoms with E-state index in [1.54, 1.807) is 0 Å². The molecule has 1 atom stereocenters. The van der Waals surface area contributed by atoms with Crippen LogP contribution < -0.4 is 0 Å². The van der Waals surface area contributed by atoms with Gasteiger partial charge in [0.1, 0.15) is 6.54 Å². The average molecular weight is 438 g/mol. The number of hydrogen-bond donors (Lipinski definition) is 0. The lowest BCUT2D eigenvalue weighted by Gasteiger charge is -2.37. The van der Waals surface area contributed by atoms with E-state index in [9.17, 15) is 9.59 Å². The lowest BCUT2D eigenvalue weighted by Crippen LogP contribution is -2.53. The normalized spacial score (nSPS) is 19.9. The first-order valence-electron chi connectivity index (χ1n) is 13.3. The second kappa shape index (κ2) is 14.9. The van der Waals surface area contributed by atoms with Crippen molar-refractivity contribution in [1.29, 1.82) is 0 Å². The maximum Gasteiger partial charge on any atom is 0.306 e. The molecule has 5 nitrogen and oxygen atoms in total. The molecular weight excluding hydrogens is 388 g/mol. The van der Waals surface area contributed by atoms with Gasteiger partial charge in [0, 0.05) is 19.4 Å². The first-order valence-corrected chi connectivity index (χ1v) is 13.3. The monoisotopic (exact) mass is 437 g/mol. The zero-order valence-corrected chi connectivity index (χ0v) is 20.5. The van der Waals surface area contributed by atoms with Crippen molar-refractivity contribution in [1.82, 2.24) is 4.90 Å². The number of rotatable bonds is 15. The molecule has 2 aliphatic heterocycles. The average Bonchev–Trinajstić information content (AvgIpc) is 3.00. The Kier molecular flexibility index (Phi) is 12.5. The molecule has 2 rings (SSSR count). The number of likely N-dealkylation sites (tertiary alicyclic amines) is 2. The van der Waals surface area contributed by atoms with Crippen LogP contribution in [0.2, 0.25) is 0 Å². The predicted octanol–water partition coefficient (Wildman–Crippen LogP) is 5.46. The van der Waals surface area contributed by atoms with Gasteiger partial charge in [-0.2, -0.15) is 0 Å². The van der Waals surface area contributed by atoms with Crippen molar-refractivity contribution in [2.24, 2.45) is 0 Å². The van der Waals surface area contributed by atoms with Crippen molar-refractivity contribution in [2.75, 3.05) is 39.8 Å². The summed E-state index contributed by atoms with van der Waals surface area (Å²) < 4.78 is 6.96. The van der Waals surface area contributed by atoms with Gasteiger partial charge >= 0.3 is 5.97 Å². The smallest absolute Gasteiger partial charge is 0.306 e. The van der Waals surface area contributed by atoms with Gasteiger partial charge in [0.05, 0.1) is 26.7 Å². The van der Waals surface area contributed by atoms with Crippen LogP contribution >= 0.6 is 0 Å². The molecule has 0 aliphatic carbocycles. The highest BCUT2D eigenvalue weighted by atomic mass is 16.5. The van der Waals surface area contributed by atoms with Crippen LogP contribution in [0.15, 0.2) is 0 Å². The quantitative estimate of drug-likeness (QED) is 0.194. The molecule has 2 aliphatic rings. The summed E-state index contributed by atoms with van der Waals surface area (Å²) in [6, 6.07) is 0. The molecule has 2 heterocycles. The first kappa shape index (κ1) is 26.2. The lowest BCUT2D eigenvalue weighted by molar-refractivity contribution is -0.911. The molecule has 0 aromatic rings. The highest BCUT2D eigenvalue weighted by Crippen LogP contribution is 2.20. The topological polar surface area (TPSA) is 46.6 Å². The summed E-state index contributed by atoms with van der Waals surface area (Å²) in [6.07, 6.45) is 18.3. The highest BCUT2D eigenvalue weighted by molar-refractivity contribution is 5.78. The van der Waals surface area contributed by atoms with Crippen LogP contribution in [0.1, 0.15) is 110 Å². The Morgan fingerprint density at radius 3 is 2.13 bits per heavy atom. The number of ether oxygens (including phenoxy) is 1. The van der Waals surface area contributed by atoms with Gasteiger partial charge in [-0.1, -0.05) is 58.3 Å². The van der Waals surface area contributed by atoms with E-state index in [1.165, 1.54) is 70.6 Å². The molecule has 0 bridgehead atoms. The number of esters is 1. The molecule has 0 saturated carbocycles. The Bertz CT molecular complexity index is 515. The van der Waals surface area contributed by atoms with Crippen LogP contribution in [0.3, 0.4) is 0 Å². The third-order valence-electron chi connectivity index (χ3n) is 7.17. The first-order chi connectivity index (χ1) is 15.0. The highest BCUT2D eigenvalue weighted by Gasteiger charge is 2.33. The number of unbranched alkanes of at least 4 members (excludes halogenated alkanes) is 8. The van der Waals surface area contributed by atoms with Crippen molar-refractivity contribution in [3.63, 3.8) is 0 Å². The van der Waals surface area contributed by atoms with E-state index in [0.29, 0.717) is 19.4 Å². The number of carbonyl (C=O) groups is 2. The number of hydrogen-bond acceptors (Lipinski definition) is 3. The van der Waals surface area contributed by atoms with E-state index in [-0.39, 0.29) is 18.0 Å². The van der Waals surface area contributed by atoms with Crippen molar-refractivity contribution < 1.29 is 18.8 Å². The van der Waals surface area contributed by atoms with Crippen molar-refractivity contribution >= 4 is 11.9 Å². The van der Waals surface area contributed by atoms with Gasteiger partial charge in [-0.3, -0.25) is 9.59 Å². The van der Waals surface area contributed by atoms with Crippen LogP contribution in [0, 0.1) is 0 Å². The molecule has 0 N–H and O–H groups in total. The Morgan fingerprint density at radius 1 is 0.935 bits per heavy atom. The molecular formula is C26H49N2O3+. The van der Waals surface area contributed by atoms with Gasteiger partial charge in [0.25, 0.3) is 0 Å². The SMILES string of the molecule is CCCCCCCCCCCC(=O)OC(CN1CCCC1=O)C[N+]1(C)CCCCCC1. The minimum atomic E-state index is -0.170. The minimum absolute atomic E-state index is 0.0685. The Hall–Kier alpha value is -1.10. The molecule has 0 spiro atoms. The maximum atomic E-state index is 12.6. The van der Waals surface area contributed by atoms with Crippen molar-refractivity contribution in [3.05, 3.63) is 0 Å². The van der Waals surface area contributed by atoms with Gasteiger partial charge in [-0.15, -0.1) is 0 Å². The Balaban J connectivity index is 1.73. The fourth-order valence-electron chi connectivity index (χ4n) is 5.23. The molecule has 31 heavy (non-hydrogen) atoms. The summed E-state index contributed by atoms with van der Waals surface area (Å²) in [7, 11) is 2.30. The summed E-state index contributed by atoms with van der Waals surface area (Å²) in [6.45, 7) is 6.79. The molecule has 2 fully saturated rings. The molecule has 0 aromatic heterocycles. The van der Waals surface area contributed by atoms with E-state index >= 15 is 0 Å². The summed E-state index contributed by atoms with van der Waals surface area (Å²) in [5.74, 6) is 0.152. The molecule has 1 amide bonds. The predicted molar refractivity (Wildman–Crippen MR) is 127 cm³/mol. The fraction of sp³-hybridized carbons (Fsp3) is 0.923. The molecule has 5 heteroatoms. The van der Waals surface area contributed by atoms with Gasteiger partial charge < -0.3 is 14.1 Å². The fourth-order valence-corrected chi connectivity index (χ4v) is 5.23. The van der Waals surface area contributed by atoms with E-state index in [4.69, 9.17) is 4.74 Å². The van der Waals surface area contributed by atoms with E-state index < -0.39 is 0 Å². The molecule has 2 saturated heterocycles. The molecule has 0 radical (unpaired) electrons.